The first kappa shape index (κ1) is 12.3. The molecular formula is C9H19N3O3S. The normalized spacial score (nSPS) is 26.5. The number of ether oxygens (including phenoxy) is 1. The molecule has 2 fully saturated rings. The summed E-state index contributed by atoms with van der Waals surface area (Å²) in [5.74, 6) is 0. The highest BCUT2D eigenvalue weighted by Crippen LogP contribution is 2.12. The molecule has 0 amide bonds. The van der Waals surface area contributed by atoms with Gasteiger partial charge in [-0.25, -0.2) is 0 Å². The van der Waals surface area contributed by atoms with Crippen LogP contribution in [-0.4, -0.2) is 69.5 Å². The zero-order valence-corrected chi connectivity index (χ0v) is 10.2. The second kappa shape index (κ2) is 5.42. The van der Waals surface area contributed by atoms with E-state index in [1.165, 1.54) is 4.31 Å². The highest BCUT2D eigenvalue weighted by atomic mass is 32.2. The van der Waals surface area contributed by atoms with Crippen LogP contribution in [0.5, 0.6) is 0 Å². The standard InChI is InChI=1S/C9H19N3O3S/c13-16(14,12-6-8-15-9-7-12)11-4-1-2-10-3-5-11/h10H,1-9H2. The van der Waals surface area contributed by atoms with Gasteiger partial charge >= 0.3 is 0 Å². The van der Waals surface area contributed by atoms with Gasteiger partial charge in [-0.05, 0) is 13.0 Å². The van der Waals surface area contributed by atoms with Crippen molar-refractivity contribution in [2.75, 3.05) is 52.5 Å². The van der Waals surface area contributed by atoms with Crippen LogP contribution in [0, 0.1) is 0 Å². The van der Waals surface area contributed by atoms with Crippen LogP contribution in [-0.2, 0) is 14.9 Å². The summed E-state index contributed by atoms with van der Waals surface area (Å²) in [6.07, 6.45) is 0.879. The van der Waals surface area contributed by atoms with Crippen molar-refractivity contribution in [3.8, 4) is 0 Å². The third-order valence-corrected chi connectivity index (χ3v) is 4.96. The van der Waals surface area contributed by atoms with Gasteiger partial charge in [-0.3, -0.25) is 0 Å². The molecule has 7 heteroatoms. The highest BCUT2D eigenvalue weighted by molar-refractivity contribution is 7.86. The van der Waals surface area contributed by atoms with E-state index in [-0.39, 0.29) is 0 Å². The molecule has 0 aliphatic carbocycles. The lowest BCUT2D eigenvalue weighted by molar-refractivity contribution is 0.0703. The average molecular weight is 249 g/mol. The summed E-state index contributed by atoms with van der Waals surface area (Å²) in [7, 11) is -3.26. The zero-order chi connectivity index (χ0) is 11.4. The summed E-state index contributed by atoms with van der Waals surface area (Å²) in [4.78, 5) is 0. The fourth-order valence-corrected chi connectivity index (χ4v) is 3.61. The molecule has 0 aromatic heterocycles. The van der Waals surface area contributed by atoms with Crippen molar-refractivity contribution in [3.05, 3.63) is 0 Å². The first-order valence-electron chi connectivity index (χ1n) is 5.75. The van der Waals surface area contributed by atoms with Gasteiger partial charge in [-0.1, -0.05) is 0 Å². The SMILES string of the molecule is O=S(=O)(N1CCCNCC1)N1CCOCC1. The molecule has 0 unspecified atom stereocenters. The summed E-state index contributed by atoms with van der Waals surface area (Å²) in [6.45, 7) is 4.79. The van der Waals surface area contributed by atoms with E-state index < -0.39 is 10.2 Å². The average Bonchev–Trinajstić information content (AvgIpc) is 2.59. The molecule has 0 bridgehead atoms. The van der Waals surface area contributed by atoms with Gasteiger partial charge < -0.3 is 10.1 Å². The van der Waals surface area contributed by atoms with E-state index in [2.05, 4.69) is 5.32 Å². The number of hydrogen-bond donors (Lipinski definition) is 1. The van der Waals surface area contributed by atoms with Crippen molar-refractivity contribution < 1.29 is 13.2 Å². The summed E-state index contributed by atoms with van der Waals surface area (Å²) >= 11 is 0. The van der Waals surface area contributed by atoms with Crippen molar-refractivity contribution in [2.45, 2.75) is 6.42 Å². The summed E-state index contributed by atoms with van der Waals surface area (Å²) in [5.41, 5.74) is 0. The van der Waals surface area contributed by atoms with E-state index in [4.69, 9.17) is 4.74 Å². The molecule has 2 aliphatic rings. The van der Waals surface area contributed by atoms with E-state index in [0.717, 1.165) is 19.5 Å². The third-order valence-electron chi connectivity index (χ3n) is 2.92. The fraction of sp³-hybridized carbons (Fsp3) is 1.00. The molecule has 0 aromatic rings. The topological polar surface area (TPSA) is 61.9 Å². The van der Waals surface area contributed by atoms with E-state index in [1.807, 2.05) is 0 Å². The third kappa shape index (κ3) is 2.72. The molecular weight excluding hydrogens is 230 g/mol. The van der Waals surface area contributed by atoms with E-state index >= 15 is 0 Å². The van der Waals surface area contributed by atoms with E-state index in [0.29, 0.717) is 39.4 Å². The van der Waals surface area contributed by atoms with E-state index in [9.17, 15) is 8.42 Å². The van der Waals surface area contributed by atoms with Crippen molar-refractivity contribution >= 4 is 10.2 Å². The van der Waals surface area contributed by atoms with Gasteiger partial charge in [0.1, 0.15) is 0 Å². The lowest BCUT2D eigenvalue weighted by atomic mass is 10.4. The van der Waals surface area contributed by atoms with E-state index in [1.54, 1.807) is 4.31 Å². The molecule has 1 N–H and O–H groups in total. The molecule has 2 heterocycles. The van der Waals surface area contributed by atoms with Gasteiger partial charge in [-0.15, -0.1) is 0 Å². The molecule has 0 radical (unpaired) electrons. The Balaban J connectivity index is 2.03. The Labute approximate surface area is 96.7 Å². The van der Waals surface area contributed by atoms with Crippen molar-refractivity contribution in [1.82, 2.24) is 13.9 Å². The minimum atomic E-state index is -3.26. The van der Waals surface area contributed by atoms with Crippen molar-refractivity contribution in [3.63, 3.8) is 0 Å². The number of hydrogen-bond acceptors (Lipinski definition) is 4. The Kier molecular flexibility index (Phi) is 4.15. The van der Waals surface area contributed by atoms with Gasteiger partial charge in [0, 0.05) is 32.7 Å². The molecule has 0 spiro atoms. The predicted octanol–water partition coefficient (Wildman–Crippen LogP) is -1.14. The van der Waals surface area contributed by atoms with Crippen LogP contribution in [0.3, 0.4) is 0 Å². The lowest BCUT2D eigenvalue weighted by Gasteiger charge is -2.31. The molecule has 2 saturated heterocycles. The number of nitrogens with zero attached hydrogens (tertiary/aromatic N) is 2. The van der Waals surface area contributed by atoms with Crippen LogP contribution >= 0.6 is 0 Å². The van der Waals surface area contributed by atoms with Crippen LogP contribution in [0.2, 0.25) is 0 Å². The molecule has 16 heavy (non-hydrogen) atoms. The van der Waals surface area contributed by atoms with Crippen LogP contribution in [0.25, 0.3) is 0 Å². The summed E-state index contributed by atoms with van der Waals surface area (Å²) in [6, 6.07) is 0. The minimum Gasteiger partial charge on any atom is -0.379 e. The first-order valence-corrected chi connectivity index (χ1v) is 7.14. The van der Waals surface area contributed by atoms with Crippen LogP contribution in [0.1, 0.15) is 6.42 Å². The molecule has 0 aromatic carbocycles. The van der Waals surface area contributed by atoms with Crippen molar-refractivity contribution in [2.24, 2.45) is 0 Å². The molecule has 6 nitrogen and oxygen atoms in total. The zero-order valence-electron chi connectivity index (χ0n) is 9.39. The molecule has 94 valence electrons. The number of nitrogens with one attached hydrogen (secondary N) is 1. The van der Waals surface area contributed by atoms with Crippen LogP contribution < -0.4 is 5.32 Å². The smallest absolute Gasteiger partial charge is 0.282 e. The van der Waals surface area contributed by atoms with Crippen LogP contribution in [0.15, 0.2) is 0 Å². The largest absolute Gasteiger partial charge is 0.379 e. The van der Waals surface area contributed by atoms with Crippen LogP contribution in [0.4, 0.5) is 0 Å². The maximum absolute atomic E-state index is 12.3. The van der Waals surface area contributed by atoms with Gasteiger partial charge in [-0.2, -0.15) is 17.0 Å². The Morgan fingerprint density at radius 1 is 0.938 bits per heavy atom. The first-order chi connectivity index (χ1) is 7.71. The van der Waals surface area contributed by atoms with Gasteiger partial charge in [0.25, 0.3) is 10.2 Å². The quantitative estimate of drug-likeness (QED) is 0.672. The fourth-order valence-electron chi connectivity index (χ4n) is 1.99. The summed E-state index contributed by atoms with van der Waals surface area (Å²) < 4.78 is 32.8. The maximum Gasteiger partial charge on any atom is 0.282 e. The monoisotopic (exact) mass is 249 g/mol. The summed E-state index contributed by atoms with van der Waals surface area (Å²) in [5, 5.41) is 3.20. The van der Waals surface area contributed by atoms with Gasteiger partial charge in [0.2, 0.25) is 0 Å². The Morgan fingerprint density at radius 2 is 1.62 bits per heavy atom. The predicted molar refractivity (Wildman–Crippen MR) is 60.4 cm³/mol. The van der Waals surface area contributed by atoms with Gasteiger partial charge in [0.15, 0.2) is 0 Å². The molecule has 0 atom stereocenters. The van der Waals surface area contributed by atoms with Gasteiger partial charge in [0.05, 0.1) is 13.2 Å². The molecule has 2 aliphatic heterocycles. The minimum absolute atomic E-state index is 0.478. The maximum atomic E-state index is 12.3. The lowest BCUT2D eigenvalue weighted by Crippen LogP contribution is -2.49. The Bertz CT molecular complexity index is 306. The Hall–Kier alpha value is -0.210. The highest BCUT2D eigenvalue weighted by Gasteiger charge is 2.30. The molecule has 0 saturated carbocycles. The number of rotatable bonds is 2. The molecule has 2 rings (SSSR count). The van der Waals surface area contributed by atoms with Crippen molar-refractivity contribution in [1.29, 1.82) is 0 Å². The second-order valence-corrected chi connectivity index (χ2v) is 5.95. The second-order valence-electron chi connectivity index (χ2n) is 4.02. The Morgan fingerprint density at radius 3 is 2.38 bits per heavy atom. The number of morpholine rings is 1.